The van der Waals surface area contributed by atoms with Gasteiger partial charge in [-0.25, -0.2) is 0 Å². The summed E-state index contributed by atoms with van der Waals surface area (Å²) in [4.78, 5) is 24.4. The Morgan fingerprint density at radius 1 is 1.04 bits per heavy atom. The third kappa shape index (κ3) is 3.48. The fourth-order valence-corrected chi connectivity index (χ4v) is 3.37. The quantitative estimate of drug-likeness (QED) is 0.762. The molecule has 0 aliphatic carbocycles. The summed E-state index contributed by atoms with van der Waals surface area (Å²) in [5.74, 6) is 0.847. The Balaban J connectivity index is 1.81. The summed E-state index contributed by atoms with van der Waals surface area (Å²) in [5.41, 5.74) is -0.398. The number of furan rings is 1. The van der Waals surface area contributed by atoms with Gasteiger partial charge in [-0.05, 0) is 44.2 Å². The normalized spacial score (nSPS) is 28.2. The lowest BCUT2D eigenvalue weighted by Gasteiger charge is -2.29. The van der Waals surface area contributed by atoms with Gasteiger partial charge in [0.25, 0.3) is 5.91 Å². The molecule has 1 saturated heterocycles. The van der Waals surface area contributed by atoms with Gasteiger partial charge in [0, 0.05) is 18.5 Å². The van der Waals surface area contributed by atoms with Gasteiger partial charge < -0.3 is 19.8 Å². The highest BCUT2D eigenvalue weighted by molar-refractivity contribution is 5.91. The first-order valence-electron chi connectivity index (χ1n) is 8.80. The van der Waals surface area contributed by atoms with Gasteiger partial charge in [0.2, 0.25) is 5.91 Å². The lowest BCUT2D eigenvalue weighted by atomic mass is 9.82. The monoisotopic (exact) mass is 334 g/mol. The van der Waals surface area contributed by atoms with E-state index in [4.69, 9.17) is 9.15 Å². The number of amides is 2. The van der Waals surface area contributed by atoms with Crippen LogP contribution in [0, 0.1) is 0 Å². The molecule has 1 fully saturated rings. The first-order chi connectivity index (χ1) is 11.5. The van der Waals surface area contributed by atoms with Gasteiger partial charge in [-0.3, -0.25) is 9.59 Å². The van der Waals surface area contributed by atoms with E-state index in [-0.39, 0.29) is 24.0 Å². The highest BCUT2D eigenvalue weighted by atomic mass is 16.5. The van der Waals surface area contributed by atoms with E-state index >= 15 is 0 Å². The molecule has 2 aliphatic heterocycles. The molecule has 1 aromatic heterocycles. The minimum absolute atomic E-state index is 0.0196. The summed E-state index contributed by atoms with van der Waals surface area (Å²) >= 11 is 0. The van der Waals surface area contributed by atoms with Crippen LogP contribution in [-0.4, -0.2) is 37.1 Å². The van der Waals surface area contributed by atoms with Crippen LogP contribution < -0.4 is 10.6 Å². The Kier molecular flexibility index (Phi) is 4.94. The molecule has 2 amide bonds. The van der Waals surface area contributed by atoms with Crippen LogP contribution in [0.3, 0.4) is 0 Å². The maximum absolute atomic E-state index is 12.2. The molecule has 1 aromatic rings. The van der Waals surface area contributed by atoms with Crippen LogP contribution in [0.1, 0.15) is 62.3 Å². The maximum atomic E-state index is 12.2. The predicted molar refractivity (Wildman–Crippen MR) is 88.8 cm³/mol. The first-order valence-corrected chi connectivity index (χ1v) is 8.80. The fourth-order valence-electron chi connectivity index (χ4n) is 3.37. The summed E-state index contributed by atoms with van der Waals surface area (Å²) in [6, 6.07) is 3.55. The van der Waals surface area contributed by atoms with Crippen LogP contribution >= 0.6 is 0 Å². The second kappa shape index (κ2) is 6.97. The van der Waals surface area contributed by atoms with Crippen molar-refractivity contribution in [1.29, 1.82) is 0 Å². The van der Waals surface area contributed by atoms with E-state index in [9.17, 15) is 9.59 Å². The summed E-state index contributed by atoms with van der Waals surface area (Å²) in [6.45, 7) is 5.32. The highest BCUT2D eigenvalue weighted by Crippen LogP contribution is 2.37. The SMILES string of the molecule is CC1(C)c2ccc(o2)C(=O)NCCCCCNC(=O)C2CCC1O2. The Morgan fingerprint density at radius 3 is 2.58 bits per heavy atom. The van der Waals surface area contributed by atoms with Crippen LogP contribution in [0.5, 0.6) is 0 Å². The van der Waals surface area contributed by atoms with Gasteiger partial charge in [-0.1, -0.05) is 13.8 Å². The van der Waals surface area contributed by atoms with Crippen LogP contribution in [0.15, 0.2) is 16.5 Å². The molecule has 24 heavy (non-hydrogen) atoms. The Hall–Kier alpha value is -1.82. The van der Waals surface area contributed by atoms with Crippen LogP contribution in [0.4, 0.5) is 0 Å². The third-order valence-electron chi connectivity index (χ3n) is 5.02. The molecule has 2 atom stereocenters. The molecule has 0 aromatic carbocycles. The Morgan fingerprint density at radius 2 is 1.79 bits per heavy atom. The van der Waals surface area contributed by atoms with Gasteiger partial charge in [0.1, 0.15) is 11.9 Å². The second-order valence-corrected chi connectivity index (χ2v) is 7.18. The van der Waals surface area contributed by atoms with E-state index in [1.165, 1.54) is 0 Å². The Bertz CT molecular complexity index is 608. The van der Waals surface area contributed by atoms with Crippen molar-refractivity contribution >= 4 is 11.8 Å². The summed E-state index contributed by atoms with van der Waals surface area (Å²) in [7, 11) is 0. The number of hydrogen-bond donors (Lipinski definition) is 2. The van der Waals surface area contributed by atoms with E-state index in [1.807, 2.05) is 19.9 Å². The minimum atomic E-state index is -0.398. The standard InChI is InChI=1S/C18H26N2O4/c1-18(2)14-8-6-12(23-14)16(21)19-10-4-3-5-11-20-17(22)13-7-9-15(18)24-13/h6,8,13,15H,3-5,7,9-11H2,1-2H3,(H,19,21)(H,20,22). The molecule has 0 saturated carbocycles. The molecular formula is C18H26N2O4. The average Bonchev–Trinajstić information content (AvgIpc) is 3.22. The maximum Gasteiger partial charge on any atom is 0.286 e. The fraction of sp³-hybridized carbons (Fsp3) is 0.667. The minimum Gasteiger partial charge on any atom is -0.455 e. The van der Waals surface area contributed by atoms with Crippen molar-refractivity contribution < 1.29 is 18.7 Å². The van der Waals surface area contributed by atoms with Crippen LogP contribution in [0.2, 0.25) is 0 Å². The van der Waals surface area contributed by atoms with Gasteiger partial charge in [-0.15, -0.1) is 0 Å². The molecular weight excluding hydrogens is 308 g/mol. The molecule has 4 bridgehead atoms. The summed E-state index contributed by atoms with van der Waals surface area (Å²) in [5, 5.41) is 5.83. The van der Waals surface area contributed by atoms with Crippen LogP contribution in [0.25, 0.3) is 0 Å². The van der Waals surface area contributed by atoms with Crippen molar-refractivity contribution in [3.8, 4) is 0 Å². The van der Waals surface area contributed by atoms with Gasteiger partial charge >= 0.3 is 0 Å². The van der Waals surface area contributed by atoms with Crippen molar-refractivity contribution in [1.82, 2.24) is 10.6 Å². The average molecular weight is 334 g/mol. The number of carbonyl (C=O) groups excluding carboxylic acids is 2. The lowest BCUT2D eigenvalue weighted by molar-refractivity contribution is -0.133. The van der Waals surface area contributed by atoms with E-state index in [0.29, 0.717) is 31.0 Å². The molecule has 0 spiro atoms. The van der Waals surface area contributed by atoms with Crippen molar-refractivity contribution in [3.05, 3.63) is 23.7 Å². The largest absolute Gasteiger partial charge is 0.455 e. The van der Waals surface area contributed by atoms with E-state index in [1.54, 1.807) is 6.07 Å². The summed E-state index contributed by atoms with van der Waals surface area (Å²) in [6.07, 6.45) is 3.74. The molecule has 132 valence electrons. The van der Waals surface area contributed by atoms with Gasteiger partial charge in [0.05, 0.1) is 6.10 Å². The van der Waals surface area contributed by atoms with Crippen molar-refractivity contribution in [2.75, 3.05) is 13.1 Å². The number of fused-ring (bicyclic) bond motifs is 4. The molecule has 2 N–H and O–H groups in total. The second-order valence-electron chi connectivity index (χ2n) is 7.18. The number of hydrogen-bond acceptors (Lipinski definition) is 4. The zero-order valence-corrected chi connectivity index (χ0v) is 14.4. The third-order valence-corrected chi connectivity index (χ3v) is 5.02. The predicted octanol–water partition coefficient (Wildman–Crippen LogP) is 2.13. The van der Waals surface area contributed by atoms with E-state index < -0.39 is 5.41 Å². The van der Waals surface area contributed by atoms with E-state index in [0.717, 1.165) is 25.7 Å². The molecule has 3 heterocycles. The zero-order valence-electron chi connectivity index (χ0n) is 14.4. The van der Waals surface area contributed by atoms with Crippen molar-refractivity contribution in [3.63, 3.8) is 0 Å². The van der Waals surface area contributed by atoms with Crippen molar-refractivity contribution in [2.24, 2.45) is 0 Å². The lowest BCUT2D eigenvalue weighted by Crippen LogP contribution is -2.38. The van der Waals surface area contributed by atoms with Crippen molar-refractivity contribution in [2.45, 2.75) is 63.6 Å². The molecule has 0 radical (unpaired) electrons. The number of rotatable bonds is 0. The summed E-state index contributed by atoms with van der Waals surface area (Å²) < 4.78 is 11.8. The molecule has 6 nitrogen and oxygen atoms in total. The van der Waals surface area contributed by atoms with Gasteiger partial charge in [0.15, 0.2) is 5.76 Å². The highest BCUT2D eigenvalue weighted by Gasteiger charge is 2.42. The number of ether oxygens (including phenoxy) is 1. The van der Waals surface area contributed by atoms with Gasteiger partial charge in [-0.2, -0.15) is 0 Å². The van der Waals surface area contributed by atoms with Crippen LogP contribution in [-0.2, 0) is 14.9 Å². The smallest absolute Gasteiger partial charge is 0.286 e. The molecule has 2 unspecified atom stereocenters. The number of nitrogens with one attached hydrogen (secondary N) is 2. The zero-order chi connectivity index (χ0) is 17.2. The van der Waals surface area contributed by atoms with E-state index in [2.05, 4.69) is 10.6 Å². The molecule has 2 aliphatic rings. The molecule has 6 heteroatoms. The Labute approximate surface area is 142 Å². The molecule has 3 rings (SSSR count). The topological polar surface area (TPSA) is 80.6 Å². The number of carbonyl (C=O) groups is 2. The first kappa shape index (κ1) is 17.0.